The molecule has 1 atom stereocenters. The van der Waals surface area contributed by atoms with E-state index in [1.54, 1.807) is 7.11 Å². The van der Waals surface area contributed by atoms with E-state index in [0.717, 1.165) is 10.2 Å². The summed E-state index contributed by atoms with van der Waals surface area (Å²) in [5.41, 5.74) is 3.54. The molecule has 0 radical (unpaired) electrons. The van der Waals surface area contributed by atoms with Crippen molar-refractivity contribution in [3.05, 3.63) is 64.1 Å². The molecule has 3 heteroatoms. The Labute approximate surface area is 122 Å². The molecular weight excluding hydrogens is 302 g/mol. The van der Waals surface area contributed by atoms with Gasteiger partial charge in [0.05, 0.1) is 6.61 Å². The van der Waals surface area contributed by atoms with Crippen molar-refractivity contribution in [1.82, 2.24) is 0 Å². The fourth-order valence-corrected chi connectivity index (χ4v) is 2.44. The maximum absolute atomic E-state index is 5.15. The number of ether oxygens (including phenoxy) is 1. The second-order valence-electron chi connectivity index (χ2n) is 4.55. The van der Waals surface area contributed by atoms with Crippen molar-refractivity contribution < 1.29 is 4.74 Å². The van der Waals surface area contributed by atoms with Crippen LogP contribution in [0.15, 0.2) is 53.0 Å². The summed E-state index contributed by atoms with van der Waals surface area (Å²) < 4.78 is 6.26. The molecule has 0 aromatic heterocycles. The molecule has 0 saturated heterocycles. The largest absolute Gasteiger partial charge is 0.380 e. The van der Waals surface area contributed by atoms with Crippen molar-refractivity contribution in [2.75, 3.05) is 12.4 Å². The fourth-order valence-electron chi connectivity index (χ4n) is 2.03. The molecule has 0 spiro atoms. The highest BCUT2D eigenvalue weighted by Gasteiger charge is 2.06. The van der Waals surface area contributed by atoms with Gasteiger partial charge in [0.1, 0.15) is 0 Å². The van der Waals surface area contributed by atoms with Gasteiger partial charge in [0.2, 0.25) is 0 Å². The molecule has 0 aliphatic rings. The molecule has 0 bridgehead atoms. The Hall–Kier alpha value is -1.32. The van der Waals surface area contributed by atoms with E-state index in [1.807, 2.05) is 12.1 Å². The van der Waals surface area contributed by atoms with Gasteiger partial charge < -0.3 is 10.1 Å². The van der Waals surface area contributed by atoms with Crippen LogP contribution in [0.1, 0.15) is 24.1 Å². The van der Waals surface area contributed by atoms with E-state index in [0.29, 0.717) is 6.61 Å². The van der Waals surface area contributed by atoms with Crippen LogP contribution in [-0.2, 0) is 11.3 Å². The van der Waals surface area contributed by atoms with E-state index >= 15 is 0 Å². The lowest BCUT2D eigenvalue weighted by Gasteiger charge is -2.16. The third-order valence-corrected chi connectivity index (χ3v) is 3.46. The predicted octanol–water partition coefficient (Wildman–Crippen LogP) is 4.77. The summed E-state index contributed by atoms with van der Waals surface area (Å²) in [6.45, 7) is 2.80. The third kappa shape index (κ3) is 4.08. The predicted molar refractivity (Wildman–Crippen MR) is 83.3 cm³/mol. The van der Waals surface area contributed by atoms with Gasteiger partial charge in [0, 0.05) is 23.3 Å². The van der Waals surface area contributed by atoms with Crippen LogP contribution in [0, 0.1) is 0 Å². The number of hydrogen-bond acceptors (Lipinski definition) is 2. The summed E-state index contributed by atoms with van der Waals surface area (Å²) in [5.74, 6) is 0. The second kappa shape index (κ2) is 6.73. The van der Waals surface area contributed by atoms with Crippen molar-refractivity contribution in [1.29, 1.82) is 0 Å². The summed E-state index contributed by atoms with van der Waals surface area (Å²) in [6, 6.07) is 16.9. The van der Waals surface area contributed by atoms with Gasteiger partial charge in [-0.1, -0.05) is 40.2 Å². The second-order valence-corrected chi connectivity index (χ2v) is 5.47. The van der Waals surface area contributed by atoms with Crippen molar-refractivity contribution in [3.63, 3.8) is 0 Å². The third-order valence-electron chi connectivity index (χ3n) is 2.97. The molecule has 0 fully saturated rings. The van der Waals surface area contributed by atoms with Crippen molar-refractivity contribution in [3.8, 4) is 0 Å². The summed E-state index contributed by atoms with van der Waals surface area (Å²) >= 11 is 3.50. The maximum Gasteiger partial charge on any atom is 0.0713 e. The van der Waals surface area contributed by atoms with Crippen LogP contribution in [0.5, 0.6) is 0 Å². The van der Waals surface area contributed by atoms with Crippen molar-refractivity contribution in [2.45, 2.75) is 19.6 Å². The molecule has 0 heterocycles. The van der Waals surface area contributed by atoms with E-state index in [4.69, 9.17) is 4.74 Å². The van der Waals surface area contributed by atoms with Crippen LogP contribution in [0.2, 0.25) is 0 Å². The molecule has 0 amide bonds. The lowest BCUT2D eigenvalue weighted by atomic mass is 10.1. The topological polar surface area (TPSA) is 21.3 Å². The minimum Gasteiger partial charge on any atom is -0.380 e. The van der Waals surface area contributed by atoms with Gasteiger partial charge in [-0.2, -0.15) is 0 Å². The van der Waals surface area contributed by atoms with Crippen LogP contribution < -0.4 is 5.32 Å². The molecule has 0 aliphatic heterocycles. The van der Waals surface area contributed by atoms with Gasteiger partial charge in [-0.15, -0.1) is 0 Å². The molecule has 19 heavy (non-hydrogen) atoms. The lowest BCUT2D eigenvalue weighted by molar-refractivity contribution is 0.185. The molecule has 1 N–H and O–H groups in total. The summed E-state index contributed by atoms with van der Waals surface area (Å²) in [6.07, 6.45) is 0. The van der Waals surface area contributed by atoms with E-state index in [9.17, 15) is 0 Å². The average molecular weight is 320 g/mol. The van der Waals surface area contributed by atoms with Crippen LogP contribution in [-0.4, -0.2) is 7.11 Å². The Bertz CT molecular complexity index is 542. The van der Waals surface area contributed by atoms with Gasteiger partial charge in [0.15, 0.2) is 0 Å². The molecule has 100 valence electrons. The standard InChI is InChI=1S/C16H18BrNO/c1-12(14-6-4-7-15(17)10-14)18-16-8-3-5-13(9-16)11-19-2/h3-10,12,18H,11H2,1-2H3. The lowest BCUT2D eigenvalue weighted by Crippen LogP contribution is -2.06. The van der Waals surface area contributed by atoms with Crippen LogP contribution in [0.3, 0.4) is 0 Å². The first-order valence-corrected chi connectivity index (χ1v) is 7.08. The Morgan fingerprint density at radius 2 is 1.95 bits per heavy atom. The number of methoxy groups -OCH3 is 1. The normalized spacial score (nSPS) is 12.2. The first-order valence-electron chi connectivity index (χ1n) is 6.29. The van der Waals surface area contributed by atoms with Gasteiger partial charge in [-0.3, -0.25) is 0 Å². The SMILES string of the molecule is COCc1cccc(NC(C)c2cccc(Br)c2)c1. The fraction of sp³-hybridized carbons (Fsp3) is 0.250. The van der Waals surface area contributed by atoms with E-state index in [2.05, 4.69) is 64.6 Å². The quantitative estimate of drug-likeness (QED) is 0.857. The summed E-state index contributed by atoms with van der Waals surface area (Å²) in [4.78, 5) is 0. The summed E-state index contributed by atoms with van der Waals surface area (Å²) in [7, 11) is 1.71. The molecule has 0 aliphatic carbocycles. The molecule has 2 nitrogen and oxygen atoms in total. The molecule has 2 rings (SSSR count). The summed E-state index contributed by atoms with van der Waals surface area (Å²) in [5, 5.41) is 3.51. The van der Waals surface area contributed by atoms with Gasteiger partial charge in [-0.25, -0.2) is 0 Å². The van der Waals surface area contributed by atoms with E-state index in [1.165, 1.54) is 11.1 Å². The number of rotatable bonds is 5. The monoisotopic (exact) mass is 319 g/mol. The Balaban J connectivity index is 2.10. The zero-order valence-electron chi connectivity index (χ0n) is 11.2. The average Bonchev–Trinajstić information content (AvgIpc) is 2.39. The van der Waals surface area contributed by atoms with E-state index in [-0.39, 0.29) is 6.04 Å². The van der Waals surface area contributed by atoms with Gasteiger partial charge in [0.25, 0.3) is 0 Å². The molecule has 0 saturated carbocycles. The van der Waals surface area contributed by atoms with Crippen molar-refractivity contribution >= 4 is 21.6 Å². The molecule has 2 aromatic rings. The number of halogens is 1. The van der Waals surface area contributed by atoms with Crippen LogP contribution in [0.25, 0.3) is 0 Å². The Kier molecular flexibility index (Phi) is 5.00. The van der Waals surface area contributed by atoms with E-state index < -0.39 is 0 Å². The minimum absolute atomic E-state index is 0.260. The minimum atomic E-state index is 0.260. The molecule has 2 aromatic carbocycles. The number of nitrogens with one attached hydrogen (secondary N) is 1. The first kappa shape index (κ1) is 14.1. The number of benzene rings is 2. The highest BCUT2D eigenvalue weighted by Crippen LogP contribution is 2.22. The van der Waals surface area contributed by atoms with Crippen molar-refractivity contribution in [2.24, 2.45) is 0 Å². The number of anilines is 1. The first-order chi connectivity index (χ1) is 9.19. The highest BCUT2D eigenvalue weighted by molar-refractivity contribution is 9.10. The van der Waals surface area contributed by atoms with Crippen LogP contribution in [0.4, 0.5) is 5.69 Å². The Morgan fingerprint density at radius 1 is 1.16 bits per heavy atom. The smallest absolute Gasteiger partial charge is 0.0713 e. The zero-order valence-corrected chi connectivity index (χ0v) is 12.8. The zero-order chi connectivity index (χ0) is 13.7. The maximum atomic E-state index is 5.15. The number of hydrogen-bond donors (Lipinski definition) is 1. The highest BCUT2D eigenvalue weighted by atomic mass is 79.9. The molecule has 1 unspecified atom stereocenters. The Morgan fingerprint density at radius 3 is 2.68 bits per heavy atom. The molecular formula is C16H18BrNO. The van der Waals surface area contributed by atoms with Gasteiger partial charge >= 0.3 is 0 Å². The van der Waals surface area contributed by atoms with Gasteiger partial charge in [-0.05, 0) is 42.3 Å². The van der Waals surface area contributed by atoms with Crippen LogP contribution >= 0.6 is 15.9 Å².